The van der Waals surface area contributed by atoms with Crippen molar-refractivity contribution in [3.05, 3.63) is 59.7 Å². The van der Waals surface area contributed by atoms with E-state index in [4.69, 9.17) is 14.6 Å². The number of carbonyl (C=O) groups is 3. The molecule has 0 radical (unpaired) electrons. The molecule has 32 heavy (non-hydrogen) atoms. The van der Waals surface area contributed by atoms with Crippen molar-refractivity contribution in [3.63, 3.8) is 0 Å². The van der Waals surface area contributed by atoms with E-state index in [1.54, 1.807) is 90.1 Å². The van der Waals surface area contributed by atoms with Crippen molar-refractivity contribution < 1.29 is 29.0 Å². The van der Waals surface area contributed by atoms with Gasteiger partial charge in [-0.1, -0.05) is 30.3 Å². The van der Waals surface area contributed by atoms with E-state index in [0.29, 0.717) is 28.8 Å². The quantitative estimate of drug-likeness (QED) is 0.546. The van der Waals surface area contributed by atoms with Crippen LogP contribution in [0.3, 0.4) is 0 Å². The van der Waals surface area contributed by atoms with Crippen LogP contribution in [0.1, 0.15) is 57.5 Å². The SMILES string of the molecule is CC(C)(C)OC(=O)Nc1ccccc1C=O.CC(C)(C)OC(=O)Nc1ccccc1CO. The average Bonchev–Trinajstić information content (AvgIpc) is 2.66. The van der Waals surface area contributed by atoms with E-state index in [1.165, 1.54) is 0 Å². The number of aldehydes is 1. The van der Waals surface area contributed by atoms with Crippen molar-refractivity contribution in [1.82, 2.24) is 0 Å². The van der Waals surface area contributed by atoms with E-state index in [2.05, 4.69) is 10.6 Å². The van der Waals surface area contributed by atoms with E-state index in [0.717, 1.165) is 0 Å². The minimum Gasteiger partial charge on any atom is -0.444 e. The largest absolute Gasteiger partial charge is 0.444 e. The highest BCUT2D eigenvalue weighted by Crippen LogP contribution is 2.17. The molecular formula is C24H32N2O6. The summed E-state index contributed by atoms with van der Waals surface area (Å²) in [5.74, 6) is 0. The predicted molar refractivity (Wildman–Crippen MR) is 124 cm³/mol. The Bertz CT molecular complexity index is 913. The lowest BCUT2D eigenvalue weighted by molar-refractivity contribution is 0.0624. The Morgan fingerprint density at radius 3 is 1.72 bits per heavy atom. The number of nitrogens with one attached hydrogen (secondary N) is 2. The van der Waals surface area contributed by atoms with Crippen LogP contribution in [0.2, 0.25) is 0 Å². The standard InChI is InChI=1S/C12H17NO3.C12H15NO3/c2*1-12(2,3)16-11(15)13-10-7-5-4-6-9(10)8-14/h4-7,14H,8H2,1-3H3,(H,13,15);4-8H,1-3H3,(H,13,15). The fourth-order valence-electron chi connectivity index (χ4n) is 2.32. The molecule has 0 fully saturated rings. The Hall–Kier alpha value is -3.39. The van der Waals surface area contributed by atoms with Gasteiger partial charge in [-0.15, -0.1) is 0 Å². The topological polar surface area (TPSA) is 114 Å². The predicted octanol–water partition coefficient (Wildman–Crippen LogP) is 5.37. The first-order valence-electron chi connectivity index (χ1n) is 10.1. The van der Waals surface area contributed by atoms with Gasteiger partial charge < -0.3 is 14.6 Å². The normalized spacial score (nSPS) is 10.8. The summed E-state index contributed by atoms with van der Waals surface area (Å²) in [5.41, 5.74) is 1.02. The number of hydrogen-bond donors (Lipinski definition) is 3. The van der Waals surface area contributed by atoms with Crippen molar-refractivity contribution >= 4 is 29.8 Å². The molecule has 0 aliphatic heterocycles. The summed E-state index contributed by atoms with van der Waals surface area (Å²) in [6, 6.07) is 13.8. The third-order valence-electron chi connectivity index (χ3n) is 3.55. The molecule has 2 aromatic rings. The molecule has 0 aliphatic carbocycles. The summed E-state index contributed by atoms with van der Waals surface area (Å²) in [6.07, 6.45) is -0.401. The van der Waals surface area contributed by atoms with Crippen molar-refractivity contribution in [2.45, 2.75) is 59.4 Å². The molecule has 0 saturated heterocycles. The van der Waals surface area contributed by atoms with Gasteiger partial charge in [-0.05, 0) is 59.7 Å². The minimum atomic E-state index is -0.568. The zero-order valence-corrected chi connectivity index (χ0v) is 19.4. The Morgan fingerprint density at radius 2 is 1.25 bits per heavy atom. The molecule has 2 rings (SSSR count). The van der Waals surface area contributed by atoms with Gasteiger partial charge in [-0.2, -0.15) is 0 Å². The van der Waals surface area contributed by atoms with Crippen molar-refractivity contribution in [3.8, 4) is 0 Å². The zero-order valence-electron chi connectivity index (χ0n) is 19.4. The number of carbonyl (C=O) groups excluding carboxylic acids is 3. The minimum absolute atomic E-state index is 0.119. The van der Waals surface area contributed by atoms with E-state index in [1.807, 2.05) is 0 Å². The second kappa shape index (κ2) is 11.9. The molecule has 174 valence electrons. The van der Waals surface area contributed by atoms with Crippen LogP contribution >= 0.6 is 0 Å². The van der Waals surface area contributed by atoms with Gasteiger partial charge in [0.1, 0.15) is 11.2 Å². The van der Waals surface area contributed by atoms with E-state index in [9.17, 15) is 14.4 Å². The second-order valence-electron chi connectivity index (χ2n) is 8.77. The van der Waals surface area contributed by atoms with Crippen LogP contribution in [-0.4, -0.2) is 34.8 Å². The van der Waals surface area contributed by atoms with Crippen molar-refractivity contribution in [2.24, 2.45) is 0 Å². The molecule has 8 heteroatoms. The number of anilines is 2. The Labute approximate surface area is 188 Å². The zero-order chi connectivity index (χ0) is 24.4. The highest BCUT2D eigenvalue weighted by Gasteiger charge is 2.17. The van der Waals surface area contributed by atoms with Crippen LogP contribution < -0.4 is 10.6 Å². The fourth-order valence-corrected chi connectivity index (χ4v) is 2.32. The lowest BCUT2D eigenvalue weighted by atomic mass is 10.2. The molecule has 3 N–H and O–H groups in total. The number of aliphatic hydroxyl groups excluding tert-OH is 1. The first-order valence-corrected chi connectivity index (χ1v) is 10.1. The summed E-state index contributed by atoms with van der Waals surface area (Å²) in [6.45, 7) is 10.6. The van der Waals surface area contributed by atoms with Gasteiger partial charge in [0.2, 0.25) is 0 Å². The van der Waals surface area contributed by atoms with E-state index in [-0.39, 0.29) is 6.61 Å². The fraction of sp³-hybridized carbons (Fsp3) is 0.375. The lowest BCUT2D eigenvalue weighted by Crippen LogP contribution is -2.27. The van der Waals surface area contributed by atoms with Crippen molar-refractivity contribution in [1.29, 1.82) is 0 Å². The number of aliphatic hydroxyl groups is 1. The number of ether oxygens (including phenoxy) is 2. The van der Waals surface area contributed by atoms with Crippen LogP contribution in [0.5, 0.6) is 0 Å². The molecule has 0 heterocycles. The summed E-state index contributed by atoms with van der Waals surface area (Å²) in [5, 5.41) is 14.2. The van der Waals surface area contributed by atoms with Gasteiger partial charge in [-0.25, -0.2) is 9.59 Å². The molecule has 0 bridgehead atoms. The number of rotatable bonds is 4. The highest BCUT2D eigenvalue weighted by atomic mass is 16.6. The third kappa shape index (κ3) is 10.6. The Balaban J connectivity index is 0.000000320. The number of benzene rings is 2. The van der Waals surface area contributed by atoms with Gasteiger partial charge in [0.15, 0.2) is 6.29 Å². The Morgan fingerprint density at radius 1 is 0.812 bits per heavy atom. The van der Waals surface area contributed by atoms with E-state index >= 15 is 0 Å². The summed E-state index contributed by atoms with van der Waals surface area (Å²) in [4.78, 5) is 33.6. The maximum absolute atomic E-state index is 11.5. The summed E-state index contributed by atoms with van der Waals surface area (Å²) in [7, 11) is 0. The Kier molecular flexibility index (Phi) is 9.87. The van der Waals surface area contributed by atoms with Crippen LogP contribution in [-0.2, 0) is 16.1 Å². The monoisotopic (exact) mass is 444 g/mol. The van der Waals surface area contributed by atoms with Crippen LogP contribution in [0.15, 0.2) is 48.5 Å². The molecule has 0 saturated carbocycles. The maximum atomic E-state index is 11.5. The lowest BCUT2D eigenvalue weighted by Gasteiger charge is -2.20. The molecule has 0 atom stereocenters. The smallest absolute Gasteiger partial charge is 0.412 e. The molecule has 0 aliphatic rings. The van der Waals surface area contributed by atoms with Gasteiger partial charge in [0, 0.05) is 16.8 Å². The molecule has 0 spiro atoms. The molecule has 2 aromatic carbocycles. The number of amides is 2. The first-order chi connectivity index (χ1) is 14.8. The van der Waals surface area contributed by atoms with Crippen LogP contribution in [0, 0.1) is 0 Å². The number of hydrogen-bond acceptors (Lipinski definition) is 6. The average molecular weight is 445 g/mol. The molecule has 2 amide bonds. The van der Waals surface area contributed by atoms with E-state index < -0.39 is 23.4 Å². The molecular weight excluding hydrogens is 412 g/mol. The van der Waals surface area contributed by atoms with Gasteiger partial charge >= 0.3 is 12.2 Å². The summed E-state index contributed by atoms with van der Waals surface area (Å²) < 4.78 is 10.2. The molecule has 8 nitrogen and oxygen atoms in total. The first kappa shape index (κ1) is 26.6. The van der Waals surface area contributed by atoms with Crippen LogP contribution in [0.25, 0.3) is 0 Å². The van der Waals surface area contributed by atoms with Crippen LogP contribution in [0.4, 0.5) is 21.0 Å². The molecule has 0 aromatic heterocycles. The third-order valence-corrected chi connectivity index (χ3v) is 3.55. The van der Waals surface area contributed by atoms with Gasteiger partial charge in [0.25, 0.3) is 0 Å². The second-order valence-corrected chi connectivity index (χ2v) is 8.77. The number of para-hydroxylation sites is 2. The highest BCUT2D eigenvalue weighted by molar-refractivity contribution is 5.93. The molecule has 0 unspecified atom stereocenters. The van der Waals surface area contributed by atoms with Gasteiger partial charge in [-0.3, -0.25) is 15.4 Å². The maximum Gasteiger partial charge on any atom is 0.412 e. The van der Waals surface area contributed by atoms with Crippen molar-refractivity contribution in [2.75, 3.05) is 10.6 Å². The van der Waals surface area contributed by atoms with Gasteiger partial charge in [0.05, 0.1) is 12.3 Å². The summed E-state index contributed by atoms with van der Waals surface area (Å²) >= 11 is 0.